The van der Waals surface area contributed by atoms with Gasteiger partial charge >= 0.3 is 6.03 Å². The summed E-state index contributed by atoms with van der Waals surface area (Å²) in [6, 6.07) is 14.0. The van der Waals surface area contributed by atoms with Crippen molar-refractivity contribution < 1.29 is 17.9 Å². The van der Waals surface area contributed by atoms with Crippen molar-refractivity contribution in [2.75, 3.05) is 32.1 Å². The highest BCUT2D eigenvalue weighted by Gasteiger charge is 2.24. The Morgan fingerprint density at radius 1 is 1.13 bits per heavy atom. The predicted octanol–water partition coefficient (Wildman–Crippen LogP) is 3.71. The van der Waals surface area contributed by atoms with Gasteiger partial charge in [0.1, 0.15) is 5.75 Å². The molecule has 2 amide bonds. The SMILES string of the molecule is COc1ccccc1NC(=O)N1CCC(CNS(=O)(=O)Cc2ccccc2Cl)CC1. The number of rotatable bonds is 7. The van der Waals surface area contributed by atoms with Crippen molar-refractivity contribution in [1.82, 2.24) is 9.62 Å². The number of carbonyl (C=O) groups is 1. The smallest absolute Gasteiger partial charge is 0.321 e. The number of urea groups is 1. The summed E-state index contributed by atoms with van der Waals surface area (Å²) in [6.07, 6.45) is 1.46. The molecule has 1 aliphatic rings. The molecule has 30 heavy (non-hydrogen) atoms. The zero-order chi connectivity index (χ0) is 21.6. The molecule has 0 unspecified atom stereocenters. The number of likely N-dealkylation sites (tertiary alicyclic amines) is 1. The van der Waals surface area contributed by atoms with Crippen molar-refractivity contribution in [1.29, 1.82) is 0 Å². The second kappa shape index (κ2) is 10.1. The monoisotopic (exact) mass is 451 g/mol. The molecule has 1 saturated heterocycles. The van der Waals surface area contributed by atoms with Gasteiger partial charge in [0.15, 0.2) is 0 Å². The van der Waals surface area contributed by atoms with Gasteiger partial charge in [0.2, 0.25) is 10.0 Å². The molecule has 162 valence electrons. The molecule has 1 aliphatic heterocycles. The number of carbonyl (C=O) groups excluding carboxylic acids is 1. The molecular formula is C21H26ClN3O4S. The van der Waals surface area contributed by atoms with E-state index in [2.05, 4.69) is 10.0 Å². The number of hydrogen-bond donors (Lipinski definition) is 2. The maximum absolute atomic E-state index is 12.5. The van der Waals surface area contributed by atoms with E-state index in [0.717, 1.165) is 12.8 Å². The summed E-state index contributed by atoms with van der Waals surface area (Å²) in [6.45, 7) is 1.49. The third kappa shape index (κ3) is 6.10. The number of para-hydroxylation sites is 2. The second-order valence-corrected chi connectivity index (χ2v) is 9.47. The van der Waals surface area contributed by atoms with Crippen molar-refractivity contribution in [3.63, 3.8) is 0 Å². The number of methoxy groups -OCH3 is 1. The summed E-state index contributed by atoms with van der Waals surface area (Å²) < 4.78 is 32.7. The number of halogens is 1. The number of ether oxygens (including phenoxy) is 1. The molecule has 9 heteroatoms. The van der Waals surface area contributed by atoms with Crippen LogP contribution < -0.4 is 14.8 Å². The Labute approximate surface area is 182 Å². The lowest BCUT2D eigenvalue weighted by Gasteiger charge is -2.32. The molecule has 3 rings (SSSR count). The molecule has 0 aromatic heterocycles. The zero-order valence-electron chi connectivity index (χ0n) is 16.8. The molecule has 0 aliphatic carbocycles. The van der Waals surface area contributed by atoms with Crippen molar-refractivity contribution in [3.05, 3.63) is 59.1 Å². The number of benzene rings is 2. The lowest BCUT2D eigenvalue weighted by molar-refractivity contribution is 0.183. The molecule has 0 atom stereocenters. The maximum Gasteiger partial charge on any atom is 0.321 e. The largest absolute Gasteiger partial charge is 0.495 e. The molecule has 7 nitrogen and oxygen atoms in total. The second-order valence-electron chi connectivity index (χ2n) is 7.26. The zero-order valence-corrected chi connectivity index (χ0v) is 18.4. The number of anilines is 1. The maximum atomic E-state index is 12.5. The van der Waals surface area contributed by atoms with E-state index in [1.54, 1.807) is 48.4 Å². The number of sulfonamides is 1. The van der Waals surface area contributed by atoms with Crippen LogP contribution in [0, 0.1) is 5.92 Å². The first-order chi connectivity index (χ1) is 14.4. The third-order valence-corrected chi connectivity index (χ3v) is 6.81. The first kappa shape index (κ1) is 22.4. The Morgan fingerprint density at radius 2 is 1.80 bits per heavy atom. The van der Waals surface area contributed by atoms with Gasteiger partial charge < -0.3 is 15.0 Å². The van der Waals surface area contributed by atoms with Gasteiger partial charge in [0.25, 0.3) is 0 Å². The summed E-state index contributed by atoms with van der Waals surface area (Å²) in [4.78, 5) is 14.3. The van der Waals surface area contributed by atoms with Crippen LogP contribution in [0.2, 0.25) is 5.02 Å². The van der Waals surface area contributed by atoms with Crippen LogP contribution in [0.3, 0.4) is 0 Å². The van der Waals surface area contributed by atoms with Crippen LogP contribution >= 0.6 is 11.6 Å². The van der Waals surface area contributed by atoms with Crippen molar-refractivity contribution >= 4 is 33.3 Å². The predicted molar refractivity (Wildman–Crippen MR) is 118 cm³/mol. The number of piperidine rings is 1. The molecule has 0 saturated carbocycles. The van der Waals surface area contributed by atoms with Crippen LogP contribution in [-0.4, -0.2) is 46.1 Å². The molecule has 1 heterocycles. The van der Waals surface area contributed by atoms with Crippen LogP contribution in [0.25, 0.3) is 0 Å². The summed E-state index contributed by atoms with van der Waals surface area (Å²) in [5, 5.41) is 3.31. The summed E-state index contributed by atoms with van der Waals surface area (Å²) in [5.74, 6) is 0.641. The van der Waals surface area contributed by atoms with E-state index in [4.69, 9.17) is 16.3 Å². The topological polar surface area (TPSA) is 87.7 Å². The standard InChI is InChI=1S/C21H26ClN3O4S/c1-29-20-9-5-4-8-19(20)24-21(26)25-12-10-16(11-13-25)14-23-30(27,28)15-17-6-2-3-7-18(17)22/h2-9,16,23H,10-15H2,1H3,(H,24,26). The lowest BCUT2D eigenvalue weighted by Crippen LogP contribution is -2.43. The minimum Gasteiger partial charge on any atom is -0.495 e. The van der Waals surface area contributed by atoms with Gasteiger partial charge in [-0.3, -0.25) is 0 Å². The van der Waals surface area contributed by atoms with E-state index in [-0.39, 0.29) is 17.7 Å². The Kier molecular flexibility index (Phi) is 7.58. The normalized spacial score (nSPS) is 15.1. The highest BCUT2D eigenvalue weighted by Crippen LogP contribution is 2.24. The first-order valence-corrected chi connectivity index (χ1v) is 11.8. The molecule has 1 fully saturated rings. The van der Waals surface area contributed by atoms with E-state index >= 15 is 0 Å². The highest BCUT2D eigenvalue weighted by atomic mass is 35.5. The van der Waals surface area contributed by atoms with Gasteiger partial charge in [-0.1, -0.05) is 41.9 Å². The molecular weight excluding hydrogens is 426 g/mol. The van der Waals surface area contributed by atoms with Crippen molar-refractivity contribution in [2.24, 2.45) is 5.92 Å². The molecule has 0 radical (unpaired) electrons. The minimum absolute atomic E-state index is 0.146. The van der Waals surface area contributed by atoms with E-state index < -0.39 is 10.0 Å². The van der Waals surface area contributed by atoms with E-state index in [0.29, 0.717) is 41.7 Å². The van der Waals surface area contributed by atoms with Crippen LogP contribution in [-0.2, 0) is 15.8 Å². The quantitative estimate of drug-likeness (QED) is 0.671. The summed E-state index contributed by atoms with van der Waals surface area (Å²) in [7, 11) is -1.92. The van der Waals surface area contributed by atoms with Crippen molar-refractivity contribution in [2.45, 2.75) is 18.6 Å². The van der Waals surface area contributed by atoms with Crippen LogP contribution in [0.15, 0.2) is 48.5 Å². The van der Waals surface area contributed by atoms with Gasteiger partial charge in [-0.15, -0.1) is 0 Å². The van der Waals surface area contributed by atoms with Crippen LogP contribution in [0.5, 0.6) is 5.75 Å². The van der Waals surface area contributed by atoms with Gasteiger partial charge in [-0.05, 0) is 42.5 Å². The molecule has 0 spiro atoms. The Hall–Kier alpha value is -2.29. The van der Waals surface area contributed by atoms with Crippen LogP contribution in [0.4, 0.5) is 10.5 Å². The summed E-state index contributed by atoms with van der Waals surface area (Å²) in [5.41, 5.74) is 1.20. The molecule has 2 N–H and O–H groups in total. The number of nitrogens with one attached hydrogen (secondary N) is 2. The number of hydrogen-bond acceptors (Lipinski definition) is 4. The molecule has 2 aromatic rings. The number of amides is 2. The average molecular weight is 452 g/mol. The fraction of sp³-hybridized carbons (Fsp3) is 0.381. The van der Waals surface area contributed by atoms with Crippen LogP contribution in [0.1, 0.15) is 18.4 Å². The van der Waals surface area contributed by atoms with Gasteiger partial charge in [0.05, 0.1) is 18.6 Å². The number of nitrogens with zero attached hydrogens (tertiary/aromatic N) is 1. The average Bonchev–Trinajstić information content (AvgIpc) is 2.74. The van der Waals surface area contributed by atoms with Crippen molar-refractivity contribution in [3.8, 4) is 5.75 Å². The minimum atomic E-state index is -3.48. The fourth-order valence-corrected chi connectivity index (χ4v) is 4.93. The Morgan fingerprint density at radius 3 is 2.50 bits per heavy atom. The molecule has 0 bridgehead atoms. The highest BCUT2D eigenvalue weighted by molar-refractivity contribution is 7.88. The van der Waals surface area contributed by atoms with Gasteiger partial charge in [-0.25, -0.2) is 17.9 Å². The van der Waals surface area contributed by atoms with Gasteiger partial charge in [0, 0.05) is 24.7 Å². The fourth-order valence-electron chi connectivity index (χ4n) is 3.40. The lowest BCUT2D eigenvalue weighted by atomic mass is 9.97. The van der Waals surface area contributed by atoms with E-state index in [1.165, 1.54) is 0 Å². The summed E-state index contributed by atoms with van der Waals surface area (Å²) >= 11 is 6.06. The third-order valence-electron chi connectivity index (χ3n) is 5.15. The molecule has 2 aromatic carbocycles. The first-order valence-electron chi connectivity index (χ1n) is 9.77. The van der Waals surface area contributed by atoms with E-state index in [1.807, 2.05) is 12.1 Å². The van der Waals surface area contributed by atoms with E-state index in [9.17, 15) is 13.2 Å². The Balaban J connectivity index is 1.46. The van der Waals surface area contributed by atoms with Gasteiger partial charge in [-0.2, -0.15) is 0 Å². The Bertz CT molecular complexity index is 976.